The average molecular weight is 476 g/mol. The summed E-state index contributed by atoms with van der Waals surface area (Å²) in [5.41, 5.74) is 0.552. The molecule has 1 saturated heterocycles. The molecular weight excluding hydrogens is 443 g/mol. The monoisotopic (exact) mass is 476 g/mol. The zero-order chi connectivity index (χ0) is 21.1. The van der Waals surface area contributed by atoms with Crippen molar-refractivity contribution in [3.8, 4) is 0 Å². The van der Waals surface area contributed by atoms with Gasteiger partial charge < -0.3 is 0 Å². The Kier molecular flexibility index (Phi) is 6.74. The van der Waals surface area contributed by atoms with Gasteiger partial charge in [0, 0.05) is 0 Å². The van der Waals surface area contributed by atoms with E-state index in [1.54, 1.807) is 0 Å². The second kappa shape index (κ2) is 8.77. The quantitative estimate of drug-likeness (QED) is 0.422. The van der Waals surface area contributed by atoms with Crippen molar-refractivity contribution in [2.24, 2.45) is 5.92 Å². The maximum atomic E-state index is 12.9. The van der Waals surface area contributed by atoms with E-state index in [-0.39, 0.29) is 31.9 Å². The predicted octanol–water partition coefficient (Wildman–Crippen LogP) is 4.91. The third kappa shape index (κ3) is 5.21. The Morgan fingerprint density at radius 3 is 2.24 bits per heavy atom. The second-order valence-electron chi connectivity index (χ2n) is 9.36. The van der Waals surface area contributed by atoms with Crippen molar-refractivity contribution in [3.05, 3.63) is 66.2 Å². The van der Waals surface area contributed by atoms with Crippen molar-refractivity contribution >= 4 is 33.7 Å². The van der Waals surface area contributed by atoms with Crippen molar-refractivity contribution in [1.29, 1.82) is 0 Å². The first kappa shape index (κ1) is 22.3. The number of esters is 1. The molecule has 0 bridgehead atoms. The Bertz CT molecular complexity index is 817. The van der Waals surface area contributed by atoms with Crippen LogP contribution in [-0.2, 0) is 19.6 Å². The Morgan fingerprint density at radius 1 is 1.07 bits per heavy atom. The fraction of sp³-hybridized carbons (Fsp3) is 0.458. The van der Waals surface area contributed by atoms with Crippen LogP contribution in [0.1, 0.15) is 32.8 Å². The molecule has 2 atom stereocenters. The molecule has 1 heterocycles. The summed E-state index contributed by atoms with van der Waals surface area (Å²) in [6.07, 6.45) is 0.694. The molecule has 3 nitrogen and oxygen atoms in total. The summed E-state index contributed by atoms with van der Waals surface area (Å²) in [5.74, 6) is -0.313. The minimum atomic E-state index is -1.90. The predicted molar refractivity (Wildman–Crippen MR) is 122 cm³/mol. The first-order chi connectivity index (χ1) is 13.6. The van der Waals surface area contributed by atoms with Gasteiger partial charge in [-0.15, -0.1) is 0 Å². The van der Waals surface area contributed by atoms with E-state index in [1.807, 2.05) is 24.3 Å². The molecule has 0 amide bonds. The van der Waals surface area contributed by atoms with Gasteiger partial charge in [-0.3, -0.25) is 0 Å². The van der Waals surface area contributed by atoms with Crippen molar-refractivity contribution in [2.75, 3.05) is 6.61 Å². The van der Waals surface area contributed by atoms with Crippen LogP contribution in [-0.4, -0.2) is 35.9 Å². The molecule has 0 radical (unpaired) electrons. The number of benzene rings is 2. The summed E-state index contributed by atoms with van der Waals surface area (Å²) in [6.45, 7) is 11.6. The molecule has 3 rings (SSSR count). The minimum absolute atomic E-state index is 0.114. The van der Waals surface area contributed by atoms with Crippen LogP contribution in [0.15, 0.2) is 60.7 Å². The third-order valence-corrected chi connectivity index (χ3v) is 13.2. The summed E-state index contributed by atoms with van der Waals surface area (Å²) in [7, 11) is -1.90. The molecule has 1 aliphatic rings. The fourth-order valence-electron chi connectivity index (χ4n) is 3.26. The Balaban J connectivity index is 1.78. The summed E-state index contributed by atoms with van der Waals surface area (Å²) in [6, 6.07) is 20.7. The van der Waals surface area contributed by atoms with Gasteiger partial charge in [-0.1, -0.05) is 0 Å². The summed E-state index contributed by atoms with van der Waals surface area (Å²) in [4.78, 5) is 12.9. The molecule has 2 aromatic carbocycles. The topological polar surface area (TPSA) is 35.5 Å². The van der Waals surface area contributed by atoms with Crippen LogP contribution in [0.3, 0.4) is 0 Å². The molecule has 29 heavy (non-hydrogen) atoms. The van der Waals surface area contributed by atoms with Crippen LogP contribution in [0.4, 0.5) is 0 Å². The molecule has 1 fully saturated rings. The van der Waals surface area contributed by atoms with Crippen LogP contribution in [0.2, 0.25) is 23.5 Å². The van der Waals surface area contributed by atoms with Gasteiger partial charge in [0.2, 0.25) is 0 Å². The van der Waals surface area contributed by atoms with Crippen molar-refractivity contribution in [3.63, 3.8) is 0 Å². The van der Waals surface area contributed by atoms with E-state index in [1.165, 1.54) is 4.46 Å². The molecular formula is C24H32O3SeSi. The first-order valence-electron chi connectivity index (χ1n) is 10.2. The average Bonchev–Trinajstić information content (AvgIpc) is 3.02. The van der Waals surface area contributed by atoms with E-state index >= 15 is 0 Å². The van der Waals surface area contributed by atoms with E-state index < -0.39 is 13.9 Å². The SMILES string of the molecule is CC(C)(C)[Si](C)(C)OCC1CC(C[Se]c2ccccc2)(c2ccccc2)OC1=O. The Morgan fingerprint density at radius 2 is 1.66 bits per heavy atom. The van der Waals surface area contributed by atoms with Gasteiger partial charge in [-0.25, -0.2) is 0 Å². The standard InChI is InChI=1S/C24H32O3SeSi/c1-23(2,3)29(4,5)26-17-19-16-24(27-22(19)25,20-12-8-6-9-13-20)18-28-21-14-10-7-11-15-21/h6-15,19H,16-18H2,1-5H3. The van der Waals surface area contributed by atoms with Crippen molar-refractivity contribution in [1.82, 2.24) is 0 Å². The van der Waals surface area contributed by atoms with Gasteiger partial charge in [0.15, 0.2) is 0 Å². The van der Waals surface area contributed by atoms with Gasteiger partial charge in [0.1, 0.15) is 0 Å². The van der Waals surface area contributed by atoms with E-state index in [9.17, 15) is 4.79 Å². The number of carbonyl (C=O) groups is 1. The molecule has 1 aliphatic heterocycles. The van der Waals surface area contributed by atoms with Crippen LogP contribution in [0.25, 0.3) is 0 Å². The van der Waals surface area contributed by atoms with E-state index in [4.69, 9.17) is 9.16 Å². The molecule has 5 heteroatoms. The maximum absolute atomic E-state index is 12.9. The molecule has 0 N–H and O–H groups in total. The van der Waals surface area contributed by atoms with Gasteiger partial charge in [0.25, 0.3) is 0 Å². The second-order valence-corrected chi connectivity index (χ2v) is 16.4. The van der Waals surface area contributed by atoms with Gasteiger partial charge in [-0.2, -0.15) is 0 Å². The molecule has 0 saturated carbocycles. The molecule has 0 spiro atoms. The fourth-order valence-corrected chi connectivity index (χ4v) is 6.60. The molecule has 0 aliphatic carbocycles. The number of carbonyl (C=O) groups excluding carboxylic acids is 1. The zero-order valence-corrected chi connectivity index (χ0v) is 20.8. The van der Waals surface area contributed by atoms with E-state index in [2.05, 4.69) is 70.3 Å². The third-order valence-electron chi connectivity index (χ3n) is 6.17. The van der Waals surface area contributed by atoms with Gasteiger partial charge >= 0.3 is 183 Å². The van der Waals surface area contributed by atoms with Gasteiger partial charge in [0.05, 0.1) is 0 Å². The normalized spacial score (nSPS) is 22.5. The zero-order valence-electron chi connectivity index (χ0n) is 18.1. The van der Waals surface area contributed by atoms with Crippen molar-refractivity contribution < 1.29 is 14.0 Å². The van der Waals surface area contributed by atoms with Crippen LogP contribution < -0.4 is 4.46 Å². The van der Waals surface area contributed by atoms with E-state index in [0.717, 1.165) is 10.9 Å². The number of cyclic esters (lactones) is 1. The Labute approximate surface area is 182 Å². The summed E-state index contributed by atoms with van der Waals surface area (Å²) < 4.78 is 13.8. The molecule has 156 valence electrons. The number of hydrogen-bond acceptors (Lipinski definition) is 3. The molecule has 2 aromatic rings. The van der Waals surface area contributed by atoms with Crippen LogP contribution >= 0.6 is 0 Å². The first-order valence-corrected chi connectivity index (χ1v) is 15.2. The number of ether oxygens (including phenoxy) is 1. The van der Waals surface area contributed by atoms with Crippen LogP contribution in [0, 0.1) is 5.92 Å². The van der Waals surface area contributed by atoms with Crippen LogP contribution in [0.5, 0.6) is 0 Å². The number of hydrogen-bond donors (Lipinski definition) is 0. The molecule has 2 unspecified atom stereocenters. The molecule has 0 aromatic heterocycles. The Hall–Kier alpha value is -1.39. The van der Waals surface area contributed by atoms with Crippen molar-refractivity contribution in [2.45, 2.75) is 56.2 Å². The summed E-state index contributed by atoms with van der Waals surface area (Å²) >= 11 is 0.229. The number of rotatable bonds is 7. The summed E-state index contributed by atoms with van der Waals surface area (Å²) in [5, 5.41) is 0.971. The van der Waals surface area contributed by atoms with E-state index in [0.29, 0.717) is 13.0 Å². The van der Waals surface area contributed by atoms with Gasteiger partial charge in [-0.05, 0) is 0 Å².